The first kappa shape index (κ1) is 7.36. The molecule has 0 amide bonds. The fourth-order valence-electron chi connectivity index (χ4n) is 1.49. The Morgan fingerprint density at radius 3 is 3.33 bits per heavy atom. The molecule has 0 aromatic carbocycles. The zero-order valence-corrected chi connectivity index (χ0v) is 7.04. The molecule has 1 aromatic rings. The van der Waals surface area contributed by atoms with Crippen LogP contribution in [0.15, 0.2) is 11.2 Å². The highest BCUT2D eigenvalue weighted by Crippen LogP contribution is 2.21. The lowest BCUT2D eigenvalue weighted by molar-refractivity contribution is 0.906. The maximum Gasteiger partial charge on any atom is 0.116 e. The van der Waals surface area contributed by atoms with E-state index in [1.165, 1.54) is 0 Å². The van der Waals surface area contributed by atoms with Gasteiger partial charge < -0.3 is 15.6 Å². The Balaban J connectivity index is 2.56. The van der Waals surface area contributed by atoms with Gasteiger partial charge in [0.05, 0.1) is 0 Å². The molecule has 64 valence electrons. The van der Waals surface area contributed by atoms with Crippen LogP contribution in [0.1, 0.15) is 11.1 Å². The topological polar surface area (TPSA) is 55.3 Å². The summed E-state index contributed by atoms with van der Waals surface area (Å²) in [7, 11) is 2.00. The number of aliphatic imine (C=N–C) groups is 1. The van der Waals surface area contributed by atoms with E-state index in [0.29, 0.717) is 13.2 Å². The Labute approximate surface area is 71.1 Å². The quantitative estimate of drug-likeness (QED) is 0.626. The van der Waals surface area contributed by atoms with Crippen molar-refractivity contribution in [2.24, 2.45) is 17.8 Å². The first-order chi connectivity index (χ1) is 5.83. The highest BCUT2D eigenvalue weighted by Gasteiger charge is 2.12. The molecule has 4 nitrogen and oxygen atoms in total. The van der Waals surface area contributed by atoms with Gasteiger partial charge in [-0.25, -0.2) is 0 Å². The molecule has 0 bridgehead atoms. The summed E-state index contributed by atoms with van der Waals surface area (Å²) < 4.78 is 2.04. The second kappa shape index (κ2) is 2.64. The summed E-state index contributed by atoms with van der Waals surface area (Å²) in [6.45, 7) is 1.23. The van der Waals surface area contributed by atoms with Crippen LogP contribution in [0.25, 0.3) is 0 Å². The van der Waals surface area contributed by atoms with E-state index in [2.05, 4.69) is 10.3 Å². The molecule has 2 heterocycles. The fourth-order valence-corrected chi connectivity index (χ4v) is 1.49. The van der Waals surface area contributed by atoms with E-state index in [1.807, 2.05) is 24.0 Å². The molecule has 0 aliphatic carbocycles. The fraction of sp³-hybridized carbons (Fsp3) is 0.375. The molecule has 1 aliphatic heterocycles. The zero-order valence-electron chi connectivity index (χ0n) is 7.04. The summed E-state index contributed by atoms with van der Waals surface area (Å²) >= 11 is 0. The van der Waals surface area contributed by atoms with Crippen LogP contribution in [-0.4, -0.2) is 17.5 Å². The molecular weight excluding hydrogens is 152 g/mol. The second-order valence-corrected chi connectivity index (χ2v) is 2.88. The Morgan fingerprint density at radius 2 is 2.58 bits per heavy atom. The maximum atomic E-state index is 5.58. The number of rotatable bonds is 1. The van der Waals surface area contributed by atoms with Gasteiger partial charge in [0, 0.05) is 31.6 Å². The third-order valence-electron chi connectivity index (χ3n) is 2.08. The summed E-state index contributed by atoms with van der Waals surface area (Å²) in [5, 5.41) is 3.20. The Hall–Kier alpha value is -1.29. The predicted molar refractivity (Wildman–Crippen MR) is 49.4 cm³/mol. The molecule has 0 atom stereocenters. The van der Waals surface area contributed by atoms with Crippen molar-refractivity contribution in [3.8, 4) is 0 Å². The van der Waals surface area contributed by atoms with Crippen molar-refractivity contribution in [1.82, 2.24) is 4.57 Å². The smallest absolute Gasteiger partial charge is 0.116 e. The van der Waals surface area contributed by atoms with E-state index in [-0.39, 0.29) is 0 Å². The first-order valence-corrected chi connectivity index (χ1v) is 3.95. The number of nitrogens with two attached hydrogens (primary N) is 1. The lowest BCUT2D eigenvalue weighted by Gasteiger charge is -2.10. The minimum atomic E-state index is 0.566. The molecule has 3 N–H and O–H groups in total. The van der Waals surface area contributed by atoms with E-state index in [4.69, 9.17) is 5.73 Å². The number of nitrogens with one attached hydrogen (secondary N) is 1. The molecular formula is C8H12N4. The van der Waals surface area contributed by atoms with Crippen LogP contribution in [0.2, 0.25) is 0 Å². The largest absolute Gasteiger partial charge is 0.352 e. The van der Waals surface area contributed by atoms with E-state index in [0.717, 1.165) is 16.9 Å². The number of anilines is 1. The highest BCUT2D eigenvalue weighted by molar-refractivity contribution is 5.90. The molecule has 0 radical (unpaired) electrons. The molecule has 0 spiro atoms. The molecule has 1 aliphatic rings. The monoisotopic (exact) mass is 164 g/mol. The van der Waals surface area contributed by atoms with Gasteiger partial charge in [-0.2, -0.15) is 0 Å². The van der Waals surface area contributed by atoms with Crippen molar-refractivity contribution >= 4 is 12.0 Å². The van der Waals surface area contributed by atoms with Crippen molar-refractivity contribution in [2.45, 2.75) is 6.54 Å². The number of nitrogens with zero attached hydrogens (tertiary/aromatic N) is 2. The Morgan fingerprint density at radius 1 is 1.75 bits per heavy atom. The van der Waals surface area contributed by atoms with Crippen molar-refractivity contribution in [2.75, 3.05) is 12.0 Å². The van der Waals surface area contributed by atoms with Gasteiger partial charge in [0.1, 0.15) is 12.5 Å². The molecule has 0 fully saturated rings. The molecule has 0 saturated carbocycles. The van der Waals surface area contributed by atoms with Crippen LogP contribution in [-0.2, 0) is 13.6 Å². The summed E-state index contributed by atoms with van der Waals surface area (Å²) in [5.41, 5.74) is 7.86. The van der Waals surface area contributed by atoms with Gasteiger partial charge in [0.15, 0.2) is 0 Å². The van der Waals surface area contributed by atoms with Gasteiger partial charge in [-0.05, 0) is 5.56 Å². The minimum absolute atomic E-state index is 0.566. The number of fused-ring (bicyclic) bond motifs is 1. The average molecular weight is 164 g/mol. The SMILES string of the molecule is Cn1cc(CN)c2c1NCN=C2. The second-order valence-electron chi connectivity index (χ2n) is 2.88. The number of hydrogen-bond acceptors (Lipinski definition) is 3. The van der Waals surface area contributed by atoms with Gasteiger partial charge in [0.2, 0.25) is 0 Å². The lowest BCUT2D eigenvalue weighted by atomic mass is 10.2. The van der Waals surface area contributed by atoms with Crippen molar-refractivity contribution in [3.05, 3.63) is 17.3 Å². The Bertz CT molecular complexity index is 324. The normalized spacial score (nSPS) is 14.2. The van der Waals surface area contributed by atoms with E-state index >= 15 is 0 Å². The van der Waals surface area contributed by atoms with Crippen molar-refractivity contribution in [1.29, 1.82) is 0 Å². The third-order valence-corrected chi connectivity index (χ3v) is 2.08. The Kier molecular flexibility index (Phi) is 1.62. The molecule has 2 rings (SSSR count). The highest BCUT2D eigenvalue weighted by atomic mass is 15.1. The predicted octanol–water partition coefficient (Wildman–Crippen LogP) is 0.286. The average Bonchev–Trinajstić information content (AvgIpc) is 2.44. The van der Waals surface area contributed by atoms with Gasteiger partial charge in [0.25, 0.3) is 0 Å². The van der Waals surface area contributed by atoms with Crippen LogP contribution in [0.4, 0.5) is 5.82 Å². The minimum Gasteiger partial charge on any atom is -0.352 e. The van der Waals surface area contributed by atoms with Crippen LogP contribution < -0.4 is 11.1 Å². The lowest BCUT2D eigenvalue weighted by Crippen LogP contribution is -2.10. The van der Waals surface area contributed by atoms with Crippen LogP contribution in [0, 0.1) is 0 Å². The van der Waals surface area contributed by atoms with Crippen LogP contribution in [0.3, 0.4) is 0 Å². The van der Waals surface area contributed by atoms with Crippen LogP contribution >= 0.6 is 0 Å². The number of aryl methyl sites for hydroxylation is 1. The standard InChI is InChI=1S/C8H12N4/c1-12-4-6(2-9)7-3-10-5-11-8(7)12/h3-4,11H,2,5,9H2,1H3. The summed E-state index contributed by atoms with van der Waals surface area (Å²) in [6.07, 6.45) is 3.92. The summed E-state index contributed by atoms with van der Waals surface area (Å²) in [6, 6.07) is 0. The van der Waals surface area contributed by atoms with E-state index in [9.17, 15) is 0 Å². The van der Waals surface area contributed by atoms with Gasteiger partial charge in [-0.3, -0.25) is 4.99 Å². The zero-order chi connectivity index (χ0) is 8.55. The third kappa shape index (κ3) is 0.921. The molecule has 0 saturated heterocycles. The number of hydrogen-bond donors (Lipinski definition) is 2. The number of aromatic nitrogens is 1. The van der Waals surface area contributed by atoms with Gasteiger partial charge in [-0.15, -0.1) is 0 Å². The first-order valence-electron chi connectivity index (χ1n) is 3.95. The maximum absolute atomic E-state index is 5.58. The molecule has 0 unspecified atom stereocenters. The van der Waals surface area contributed by atoms with Crippen molar-refractivity contribution < 1.29 is 0 Å². The van der Waals surface area contributed by atoms with Crippen molar-refractivity contribution in [3.63, 3.8) is 0 Å². The summed E-state index contributed by atoms with van der Waals surface area (Å²) in [4.78, 5) is 4.14. The van der Waals surface area contributed by atoms with Crippen LogP contribution in [0.5, 0.6) is 0 Å². The van der Waals surface area contributed by atoms with E-state index in [1.54, 1.807) is 0 Å². The van der Waals surface area contributed by atoms with Gasteiger partial charge in [-0.1, -0.05) is 0 Å². The van der Waals surface area contributed by atoms with Gasteiger partial charge >= 0.3 is 0 Å². The molecule has 4 heteroatoms. The van der Waals surface area contributed by atoms with E-state index < -0.39 is 0 Å². The molecule has 1 aromatic heterocycles. The summed E-state index contributed by atoms with van der Waals surface area (Å²) in [5.74, 6) is 1.12. The molecule has 12 heavy (non-hydrogen) atoms.